The molecule has 2 atom stereocenters. The van der Waals surface area contributed by atoms with E-state index in [1.165, 1.54) is 0 Å². The maximum atomic E-state index is 12.5. The third-order valence-corrected chi connectivity index (χ3v) is 4.94. The van der Waals surface area contributed by atoms with Gasteiger partial charge in [-0.1, -0.05) is 5.57 Å². The van der Waals surface area contributed by atoms with Crippen molar-refractivity contribution in [2.75, 3.05) is 20.1 Å². The quantitative estimate of drug-likeness (QED) is 0.501. The van der Waals surface area contributed by atoms with Gasteiger partial charge in [-0.3, -0.25) is 4.90 Å². The maximum absolute atomic E-state index is 12.5. The minimum atomic E-state index is -0.936. The van der Waals surface area contributed by atoms with Crippen LogP contribution in [0.1, 0.15) is 32.8 Å². The molecule has 0 aliphatic carbocycles. The number of aliphatic carboxylic acids is 1. The molecule has 1 aromatic rings. The molecular weight excluding hydrogens is 621 g/mol. The second-order valence-electron chi connectivity index (χ2n) is 7.91. The monoisotopic (exact) mass is 646 g/mol. The largest absolute Gasteiger partial charge is 0.478 e. The van der Waals surface area contributed by atoms with Gasteiger partial charge < -0.3 is 14.7 Å². The van der Waals surface area contributed by atoms with Crippen LogP contribution in [0, 0.1) is 37.2 Å². The summed E-state index contributed by atoms with van der Waals surface area (Å²) in [4.78, 5) is 28.3. The van der Waals surface area contributed by atoms with Crippen LogP contribution in [-0.4, -0.2) is 64.8 Å². The first-order valence-electron chi connectivity index (χ1n) is 8.80. The van der Waals surface area contributed by atoms with Gasteiger partial charge in [-0.25, -0.2) is 9.59 Å². The summed E-state index contributed by atoms with van der Waals surface area (Å²) in [5.41, 5.74) is 1.55. The van der Waals surface area contributed by atoms with Gasteiger partial charge in [-0.15, -0.1) is 5.56 Å². The summed E-state index contributed by atoms with van der Waals surface area (Å²) in [6.45, 7) is 6.32. The number of amides is 1. The number of carbonyl (C=O) groups is 2. The van der Waals surface area contributed by atoms with Crippen molar-refractivity contribution in [2.24, 2.45) is 0 Å². The summed E-state index contributed by atoms with van der Waals surface area (Å²) < 4.78 is 5.49. The number of ether oxygens (including phenoxy) is 1. The van der Waals surface area contributed by atoms with E-state index in [-0.39, 0.29) is 67.8 Å². The molecule has 28 heavy (non-hydrogen) atoms. The summed E-state index contributed by atoms with van der Waals surface area (Å²) in [6.07, 6.45) is 0.195. The molecule has 1 saturated heterocycles. The third kappa shape index (κ3) is 5.46. The normalized spacial score (nSPS) is 22.1. The fourth-order valence-corrected chi connectivity index (χ4v) is 3.71. The van der Waals surface area contributed by atoms with Crippen molar-refractivity contribution < 1.29 is 69.1 Å². The van der Waals surface area contributed by atoms with Gasteiger partial charge in [0.15, 0.2) is 0 Å². The smallest absolute Gasteiger partial charge is 0.410 e. The number of piperazine rings is 1. The minimum Gasteiger partial charge on any atom is -0.478 e. The fourth-order valence-electron chi connectivity index (χ4n) is 3.71. The van der Waals surface area contributed by atoms with Gasteiger partial charge in [-0.05, 0) is 34.2 Å². The van der Waals surface area contributed by atoms with Gasteiger partial charge in [0.2, 0.25) is 0 Å². The molecule has 0 aromatic heterocycles. The van der Waals surface area contributed by atoms with Crippen molar-refractivity contribution in [2.45, 2.75) is 44.9 Å². The number of nitrogens with zero attached hydrogens (tertiary/aromatic N) is 2. The molecule has 1 aromatic carbocycles. The zero-order valence-electron chi connectivity index (χ0n) is 16.6. The maximum Gasteiger partial charge on any atom is 0.410 e. The molecule has 1 fully saturated rings. The number of carboxylic acids is 1. The van der Waals surface area contributed by atoms with Gasteiger partial charge in [0, 0.05) is 68.8 Å². The minimum absolute atomic E-state index is 0. The molecular formula is C20H25N2O4UV-. The molecule has 2 aliphatic heterocycles. The summed E-state index contributed by atoms with van der Waals surface area (Å²) >= 11 is 0. The molecule has 6 nitrogen and oxygen atoms in total. The van der Waals surface area contributed by atoms with Crippen LogP contribution in [0.25, 0.3) is 5.57 Å². The van der Waals surface area contributed by atoms with Gasteiger partial charge in [0.05, 0.1) is 11.6 Å². The standard InChI is InChI=1S/C20H25N2O4.U.V/c1-20(2,3)26-19(25)22-11-14-10-15(13-8-6-5-7-9-13)17(18(23)24)16(12-22)21(14)4;;/h6-9,14,16H,10-12H2,1-4H3,(H,23,24);;/q-1;;. The van der Waals surface area contributed by atoms with Crippen LogP contribution >= 0.6 is 0 Å². The number of fused-ring (bicyclic) bond motifs is 2. The van der Waals surface area contributed by atoms with Crippen molar-refractivity contribution >= 4 is 17.6 Å². The average Bonchev–Trinajstić information content (AvgIpc) is 2.53. The molecule has 0 saturated carbocycles. The molecule has 0 spiro atoms. The van der Waals surface area contributed by atoms with Gasteiger partial charge in [-0.2, -0.15) is 30.3 Å². The molecule has 1 radical (unpaired) electrons. The Morgan fingerprint density at radius 1 is 1.21 bits per heavy atom. The van der Waals surface area contributed by atoms with E-state index in [2.05, 4.69) is 11.0 Å². The Morgan fingerprint density at radius 3 is 2.36 bits per heavy atom. The van der Waals surface area contributed by atoms with E-state index in [9.17, 15) is 14.7 Å². The summed E-state index contributed by atoms with van der Waals surface area (Å²) in [6, 6.07) is 10.0. The number of hydrogen-bond acceptors (Lipinski definition) is 4. The third-order valence-electron chi connectivity index (χ3n) is 4.94. The zero-order chi connectivity index (χ0) is 19.1. The summed E-state index contributed by atoms with van der Waals surface area (Å²) in [5, 5.41) is 9.88. The molecule has 1 N–H and O–H groups in total. The number of rotatable bonds is 2. The Morgan fingerprint density at radius 2 is 1.82 bits per heavy atom. The van der Waals surface area contributed by atoms with E-state index in [4.69, 9.17) is 4.74 Å². The van der Waals surface area contributed by atoms with Crippen LogP contribution in [0.5, 0.6) is 0 Å². The van der Waals surface area contributed by atoms with E-state index in [1.807, 2.05) is 40.0 Å². The van der Waals surface area contributed by atoms with Gasteiger partial charge >= 0.3 is 12.1 Å². The molecule has 149 valence electrons. The zero-order valence-corrected chi connectivity index (χ0v) is 22.2. The molecule has 3 rings (SSSR count). The van der Waals surface area contributed by atoms with E-state index < -0.39 is 11.6 Å². The predicted octanol–water partition coefficient (Wildman–Crippen LogP) is 2.65. The van der Waals surface area contributed by atoms with E-state index in [0.717, 1.165) is 11.1 Å². The first kappa shape index (κ1) is 25.3. The number of benzene rings is 1. The van der Waals surface area contributed by atoms with E-state index in [1.54, 1.807) is 17.0 Å². The molecule has 1 amide bonds. The Hall–Kier alpha value is -0.704. The van der Waals surface area contributed by atoms with Crippen LogP contribution in [0.3, 0.4) is 0 Å². The first-order chi connectivity index (χ1) is 12.2. The first-order valence-corrected chi connectivity index (χ1v) is 8.80. The van der Waals surface area contributed by atoms with Crippen LogP contribution in [0.15, 0.2) is 29.8 Å². The SMILES string of the molecule is CN1C2CC(c3cc[c-]cc3)=C(C(=O)O)C1CN(C(=O)OC(C)(C)C)C2.[U].[V]. The Kier molecular flexibility index (Phi) is 8.93. The van der Waals surface area contributed by atoms with Gasteiger partial charge in [0.1, 0.15) is 5.60 Å². The van der Waals surface area contributed by atoms with Crippen LogP contribution in [-0.2, 0) is 28.1 Å². The van der Waals surface area contributed by atoms with Crippen LogP contribution < -0.4 is 0 Å². The number of carboxylic acid groups (broad SMARTS) is 1. The molecule has 2 heterocycles. The summed E-state index contributed by atoms with van der Waals surface area (Å²) in [7, 11) is 1.93. The molecule has 8 heteroatoms. The van der Waals surface area contributed by atoms with E-state index >= 15 is 0 Å². The topological polar surface area (TPSA) is 70.1 Å². The Balaban J connectivity index is 0.00000196. The van der Waals surface area contributed by atoms with Crippen molar-refractivity contribution in [3.05, 3.63) is 41.5 Å². The van der Waals surface area contributed by atoms with Crippen LogP contribution in [0.4, 0.5) is 4.79 Å². The van der Waals surface area contributed by atoms with Crippen LogP contribution in [0.2, 0.25) is 0 Å². The number of hydrogen-bond donors (Lipinski definition) is 1. The second-order valence-corrected chi connectivity index (χ2v) is 7.91. The average molecular weight is 646 g/mol. The summed E-state index contributed by atoms with van der Waals surface area (Å²) in [5.74, 6) is -0.936. The second kappa shape index (κ2) is 9.87. The Labute approximate surface area is 201 Å². The Bertz CT molecular complexity index is 748. The fraction of sp³-hybridized carbons (Fsp3) is 0.500. The molecule has 2 aliphatic rings. The van der Waals surface area contributed by atoms with Crippen molar-refractivity contribution in [3.63, 3.8) is 0 Å². The molecule has 2 bridgehead atoms. The number of likely N-dealkylation sites (N-methyl/N-ethyl adjacent to an activating group) is 1. The van der Waals surface area contributed by atoms with Crippen molar-refractivity contribution in [1.29, 1.82) is 0 Å². The van der Waals surface area contributed by atoms with Crippen molar-refractivity contribution in [1.82, 2.24) is 9.80 Å². The van der Waals surface area contributed by atoms with Gasteiger partial charge in [0.25, 0.3) is 0 Å². The predicted molar refractivity (Wildman–Crippen MR) is 97.6 cm³/mol. The van der Waals surface area contributed by atoms with E-state index in [0.29, 0.717) is 25.1 Å². The van der Waals surface area contributed by atoms with Crippen molar-refractivity contribution in [3.8, 4) is 0 Å². The molecule has 2 unspecified atom stereocenters. The number of carbonyl (C=O) groups excluding carboxylic acids is 1.